The molecule has 23 heavy (non-hydrogen) atoms. The van der Waals surface area contributed by atoms with E-state index in [2.05, 4.69) is 4.98 Å². The maximum atomic E-state index is 12.6. The van der Waals surface area contributed by atoms with Crippen LogP contribution in [0.2, 0.25) is 0 Å². The van der Waals surface area contributed by atoms with Crippen LogP contribution in [0.4, 0.5) is 0 Å². The van der Waals surface area contributed by atoms with Gasteiger partial charge in [0.1, 0.15) is 5.56 Å². The lowest BCUT2D eigenvalue weighted by Crippen LogP contribution is -2.37. The fraction of sp³-hybridized carbons (Fsp3) is 0.562. The summed E-state index contributed by atoms with van der Waals surface area (Å²) in [5.74, 6) is -0.243. The predicted octanol–water partition coefficient (Wildman–Crippen LogP) is 1.61. The molecule has 2 unspecified atom stereocenters. The van der Waals surface area contributed by atoms with E-state index < -0.39 is 0 Å². The molecular weight excluding hydrogens is 314 g/mol. The van der Waals surface area contributed by atoms with E-state index in [1.807, 2.05) is 13.8 Å². The summed E-state index contributed by atoms with van der Waals surface area (Å²) in [6.07, 6.45) is 3.70. The zero-order valence-electron chi connectivity index (χ0n) is 13.6. The van der Waals surface area contributed by atoms with Crippen molar-refractivity contribution in [2.24, 2.45) is 5.92 Å². The van der Waals surface area contributed by atoms with Gasteiger partial charge in [0.05, 0.1) is 6.10 Å². The third-order valence-corrected chi connectivity index (χ3v) is 5.79. The highest BCUT2D eigenvalue weighted by atomic mass is 32.1. The highest BCUT2D eigenvalue weighted by Crippen LogP contribution is 2.26. The molecule has 0 aromatic carbocycles. The molecule has 1 aliphatic rings. The first kappa shape index (κ1) is 16.1. The van der Waals surface area contributed by atoms with Crippen LogP contribution in [0.5, 0.6) is 0 Å². The van der Waals surface area contributed by atoms with E-state index in [4.69, 9.17) is 0 Å². The normalized spacial score (nSPS) is 21.0. The Morgan fingerprint density at radius 1 is 1.48 bits per heavy atom. The van der Waals surface area contributed by atoms with Gasteiger partial charge in [-0.3, -0.25) is 14.0 Å². The van der Waals surface area contributed by atoms with Gasteiger partial charge < -0.3 is 10.0 Å². The summed E-state index contributed by atoms with van der Waals surface area (Å²) in [6, 6.07) is 0. The SMILES string of the molecule is Cc1sc2ncc(C(=O)N(C)CC3CCCC3O)c(=O)n2c1C. The van der Waals surface area contributed by atoms with Crippen LogP contribution in [-0.2, 0) is 0 Å². The number of aliphatic hydroxyl groups is 1. The van der Waals surface area contributed by atoms with Crippen molar-refractivity contribution in [2.75, 3.05) is 13.6 Å². The third kappa shape index (κ3) is 2.79. The summed E-state index contributed by atoms with van der Waals surface area (Å²) in [7, 11) is 1.67. The molecule has 6 nitrogen and oxygen atoms in total. The molecular formula is C16H21N3O3S. The lowest BCUT2D eigenvalue weighted by molar-refractivity contribution is 0.0691. The van der Waals surface area contributed by atoms with Crippen LogP contribution in [0.1, 0.15) is 40.2 Å². The first-order valence-electron chi connectivity index (χ1n) is 7.81. The lowest BCUT2D eigenvalue weighted by Gasteiger charge is -2.23. The highest BCUT2D eigenvalue weighted by molar-refractivity contribution is 7.17. The molecule has 0 bridgehead atoms. The van der Waals surface area contributed by atoms with Gasteiger partial charge in [-0.2, -0.15) is 0 Å². The quantitative estimate of drug-likeness (QED) is 0.925. The van der Waals surface area contributed by atoms with Crippen LogP contribution in [0.25, 0.3) is 4.96 Å². The van der Waals surface area contributed by atoms with Crippen molar-refractivity contribution >= 4 is 22.2 Å². The molecule has 2 aromatic rings. The van der Waals surface area contributed by atoms with Crippen molar-refractivity contribution in [2.45, 2.75) is 39.2 Å². The summed E-state index contributed by atoms with van der Waals surface area (Å²) in [5.41, 5.74) is 0.588. The summed E-state index contributed by atoms with van der Waals surface area (Å²) < 4.78 is 1.51. The maximum absolute atomic E-state index is 12.6. The molecule has 124 valence electrons. The number of hydrogen-bond acceptors (Lipinski definition) is 5. The van der Waals surface area contributed by atoms with Gasteiger partial charge in [0.25, 0.3) is 11.5 Å². The Balaban J connectivity index is 1.90. The Morgan fingerprint density at radius 2 is 2.22 bits per heavy atom. The number of nitrogens with zero attached hydrogens (tertiary/aromatic N) is 3. The fourth-order valence-electron chi connectivity index (χ4n) is 3.19. The number of aryl methyl sites for hydroxylation is 2. The topological polar surface area (TPSA) is 74.9 Å². The number of thiazole rings is 1. The second kappa shape index (κ2) is 6.05. The number of fused-ring (bicyclic) bond motifs is 1. The molecule has 1 saturated carbocycles. The van der Waals surface area contributed by atoms with E-state index in [0.717, 1.165) is 29.8 Å². The lowest BCUT2D eigenvalue weighted by atomic mass is 10.1. The van der Waals surface area contributed by atoms with Crippen LogP contribution in [0, 0.1) is 19.8 Å². The van der Waals surface area contributed by atoms with E-state index in [0.29, 0.717) is 11.5 Å². The van der Waals surface area contributed by atoms with Crippen molar-refractivity contribution in [3.63, 3.8) is 0 Å². The first-order valence-corrected chi connectivity index (χ1v) is 8.63. The Bertz CT molecular complexity index is 811. The van der Waals surface area contributed by atoms with Crippen molar-refractivity contribution in [3.8, 4) is 0 Å². The van der Waals surface area contributed by atoms with E-state index in [-0.39, 0.29) is 29.1 Å². The number of amides is 1. The second-order valence-corrected chi connectivity index (χ2v) is 7.46. The summed E-state index contributed by atoms with van der Waals surface area (Å²) in [6.45, 7) is 4.25. The van der Waals surface area contributed by atoms with Gasteiger partial charge in [0.2, 0.25) is 0 Å². The largest absolute Gasteiger partial charge is 0.393 e. The molecule has 1 fully saturated rings. The average Bonchev–Trinajstić information content (AvgIpc) is 3.03. The number of aliphatic hydroxyl groups excluding tert-OH is 1. The zero-order valence-corrected chi connectivity index (χ0v) is 14.4. The summed E-state index contributed by atoms with van der Waals surface area (Å²) >= 11 is 1.44. The number of carbonyl (C=O) groups excluding carboxylic acids is 1. The van der Waals surface area contributed by atoms with Crippen molar-refractivity contribution in [1.82, 2.24) is 14.3 Å². The van der Waals surface area contributed by atoms with Crippen molar-refractivity contribution in [3.05, 3.63) is 32.7 Å². The Morgan fingerprint density at radius 3 is 2.87 bits per heavy atom. The Hall–Kier alpha value is -1.73. The maximum Gasteiger partial charge on any atom is 0.271 e. The molecule has 2 aromatic heterocycles. The van der Waals surface area contributed by atoms with E-state index in [9.17, 15) is 14.7 Å². The minimum Gasteiger partial charge on any atom is -0.393 e. The fourth-order valence-corrected chi connectivity index (χ4v) is 4.12. The average molecular weight is 335 g/mol. The standard InChI is InChI=1S/C16H21N3O3S/c1-9-10(2)23-16-17-7-12(15(22)19(9)16)14(21)18(3)8-11-5-4-6-13(11)20/h7,11,13,20H,4-6,8H2,1-3H3. The molecule has 0 spiro atoms. The van der Waals surface area contributed by atoms with Gasteiger partial charge >= 0.3 is 0 Å². The smallest absolute Gasteiger partial charge is 0.271 e. The zero-order chi connectivity index (χ0) is 16.7. The molecule has 0 radical (unpaired) electrons. The van der Waals surface area contributed by atoms with Gasteiger partial charge in [0, 0.05) is 36.3 Å². The van der Waals surface area contributed by atoms with E-state index >= 15 is 0 Å². The Labute approximate surface area is 138 Å². The molecule has 0 saturated heterocycles. The summed E-state index contributed by atoms with van der Waals surface area (Å²) in [4.78, 5) is 32.7. The Kier molecular flexibility index (Phi) is 4.25. The van der Waals surface area contributed by atoms with Gasteiger partial charge in [-0.05, 0) is 26.7 Å². The van der Waals surface area contributed by atoms with Crippen molar-refractivity contribution in [1.29, 1.82) is 0 Å². The number of hydrogen-bond donors (Lipinski definition) is 1. The van der Waals surface area contributed by atoms with E-state index in [1.165, 1.54) is 26.8 Å². The number of rotatable bonds is 3. The minimum absolute atomic E-state index is 0.0818. The van der Waals surface area contributed by atoms with Crippen LogP contribution in [-0.4, -0.2) is 45.0 Å². The minimum atomic E-state index is -0.353. The summed E-state index contributed by atoms with van der Waals surface area (Å²) in [5, 5.41) is 9.91. The van der Waals surface area contributed by atoms with Gasteiger partial charge in [-0.25, -0.2) is 4.98 Å². The molecule has 2 heterocycles. The third-order valence-electron chi connectivity index (χ3n) is 4.72. The first-order chi connectivity index (χ1) is 10.9. The van der Waals surface area contributed by atoms with Gasteiger partial charge in [-0.1, -0.05) is 6.42 Å². The highest BCUT2D eigenvalue weighted by Gasteiger charge is 2.28. The monoisotopic (exact) mass is 335 g/mol. The van der Waals surface area contributed by atoms with Gasteiger partial charge in [-0.15, -0.1) is 11.3 Å². The second-order valence-electron chi connectivity index (χ2n) is 6.28. The van der Waals surface area contributed by atoms with Gasteiger partial charge in [0.15, 0.2) is 4.96 Å². The molecule has 7 heteroatoms. The van der Waals surface area contributed by atoms with Crippen LogP contribution in [0.15, 0.2) is 11.0 Å². The molecule has 2 atom stereocenters. The van der Waals surface area contributed by atoms with E-state index in [1.54, 1.807) is 7.05 Å². The molecule has 0 aliphatic heterocycles. The van der Waals surface area contributed by atoms with Crippen molar-refractivity contribution < 1.29 is 9.90 Å². The molecule has 3 rings (SSSR count). The number of carbonyl (C=O) groups is 1. The molecule has 1 aliphatic carbocycles. The van der Waals surface area contributed by atoms with Crippen LogP contribution in [0.3, 0.4) is 0 Å². The number of aromatic nitrogens is 2. The van der Waals surface area contributed by atoms with Crippen LogP contribution >= 0.6 is 11.3 Å². The predicted molar refractivity (Wildman–Crippen MR) is 89.1 cm³/mol. The molecule has 1 amide bonds. The van der Waals surface area contributed by atoms with Crippen LogP contribution < -0.4 is 5.56 Å². The molecule has 1 N–H and O–H groups in total.